The number of ether oxygens (including phenoxy) is 1. The lowest BCUT2D eigenvalue weighted by Crippen LogP contribution is -1.93. The molecule has 0 fully saturated rings. The van der Waals surface area contributed by atoms with E-state index in [0.717, 1.165) is 16.7 Å². The maximum Gasteiger partial charge on any atom is 0.134 e. The van der Waals surface area contributed by atoms with Gasteiger partial charge in [-0.15, -0.1) is 0 Å². The molecule has 0 aliphatic heterocycles. The Bertz CT molecular complexity index is 659. The Balaban J connectivity index is 1.85. The molecule has 0 saturated heterocycles. The molecule has 18 heavy (non-hydrogen) atoms. The van der Waals surface area contributed by atoms with Crippen LogP contribution in [0.25, 0.3) is 11.0 Å². The van der Waals surface area contributed by atoms with Crippen molar-refractivity contribution in [3.05, 3.63) is 66.2 Å². The van der Waals surface area contributed by atoms with Gasteiger partial charge in [-0.1, -0.05) is 18.2 Å². The first-order valence-corrected chi connectivity index (χ1v) is 5.66. The maximum atomic E-state index is 13.2. The maximum absolute atomic E-state index is 13.2. The van der Waals surface area contributed by atoms with E-state index < -0.39 is 0 Å². The van der Waals surface area contributed by atoms with E-state index in [1.54, 1.807) is 12.3 Å². The van der Waals surface area contributed by atoms with Crippen LogP contribution in [0.5, 0.6) is 5.75 Å². The SMILES string of the molecule is Fc1ccc2occ(COc3ccccc3)c2c1. The van der Waals surface area contributed by atoms with E-state index >= 15 is 0 Å². The fraction of sp³-hybridized carbons (Fsp3) is 0.0667. The lowest BCUT2D eigenvalue weighted by Gasteiger charge is -2.04. The van der Waals surface area contributed by atoms with Crippen LogP contribution in [0.3, 0.4) is 0 Å². The Morgan fingerprint density at radius 1 is 1.06 bits per heavy atom. The highest BCUT2D eigenvalue weighted by Crippen LogP contribution is 2.23. The van der Waals surface area contributed by atoms with E-state index in [-0.39, 0.29) is 5.82 Å². The van der Waals surface area contributed by atoms with Gasteiger partial charge in [0.25, 0.3) is 0 Å². The van der Waals surface area contributed by atoms with E-state index in [1.807, 2.05) is 30.3 Å². The minimum Gasteiger partial charge on any atom is -0.489 e. The third kappa shape index (κ3) is 2.07. The summed E-state index contributed by atoms with van der Waals surface area (Å²) >= 11 is 0. The summed E-state index contributed by atoms with van der Waals surface area (Å²) in [4.78, 5) is 0. The van der Waals surface area contributed by atoms with Gasteiger partial charge in [-0.3, -0.25) is 0 Å². The average Bonchev–Trinajstić information content (AvgIpc) is 2.80. The molecule has 2 nitrogen and oxygen atoms in total. The lowest BCUT2D eigenvalue weighted by molar-refractivity contribution is 0.306. The van der Waals surface area contributed by atoms with Gasteiger partial charge in [-0.25, -0.2) is 4.39 Å². The molecule has 3 rings (SSSR count). The van der Waals surface area contributed by atoms with Crippen molar-refractivity contribution in [1.29, 1.82) is 0 Å². The smallest absolute Gasteiger partial charge is 0.134 e. The normalized spacial score (nSPS) is 10.7. The van der Waals surface area contributed by atoms with Crippen molar-refractivity contribution in [1.82, 2.24) is 0 Å². The monoisotopic (exact) mass is 242 g/mol. The quantitative estimate of drug-likeness (QED) is 0.688. The predicted molar refractivity (Wildman–Crippen MR) is 66.9 cm³/mol. The van der Waals surface area contributed by atoms with Gasteiger partial charge >= 0.3 is 0 Å². The van der Waals surface area contributed by atoms with Gasteiger partial charge in [0.1, 0.15) is 23.8 Å². The molecule has 2 aromatic carbocycles. The summed E-state index contributed by atoms with van der Waals surface area (Å²) in [5, 5.41) is 0.755. The number of hydrogen-bond donors (Lipinski definition) is 0. The molecule has 0 N–H and O–H groups in total. The summed E-state index contributed by atoms with van der Waals surface area (Å²) in [7, 11) is 0. The lowest BCUT2D eigenvalue weighted by atomic mass is 10.2. The molecule has 0 spiro atoms. The van der Waals surface area contributed by atoms with E-state index in [4.69, 9.17) is 9.15 Å². The van der Waals surface area contributed by atoms with Crippen molar-refractivity contribution in [3.8, 4) is 5.75 Å². The summed E-state index contributed by atoms with van der Waals surface area (Å²) < 4.78 is 24.1. The second kappa shape index (κ2) is 4.53. The van der Waals surface area contributed by atoms with Crippen LogP contribution in [0.4, 0.5) is 4.39 Å². The topological polar surface area (TPSA) is 22.4 Å². The second-order valence-electron chi connectivity index (χ2n) is 4.00. The molecule has 0 radical (unpaired) electrons. The third-order valence-corrected chi connectivity index (χ3v) is 2.75. The molecular formula is C15H11FO2. The Labute approximate surface area is 104 Å². The van der Waals surface area contributed by atoms with Crippen LogP contribution in [-0.2, 0) is 6.61 Å². The average molecular weight is 242 g/mol. The van der Waals surface area contributed by atoms with Crippen LogP contribution in [-0.4, -0.2) is 0 Å². The largest absolute Gasteiger partial charge is 0.489 e. The molecule has 3 aromatic rings. The minimum absolute atomic E-state index is 0.273. The molecule has 0 aliphatic rings. The summed E-state index contributed by atoms with van der Waals surface area (Å²) in [5.41, 5.74) is 1.51. The Morgan fingerprint density at radius 3 is 2.72 bits per heavy atom. The molecule has 3 heteroatoms. The number of rotatable bonds is 3. The minimum atomic E-state index is -0.273. The highest BCUT2D eigenvalue weighted by molar-refractivity contribution is 5.80. The first-order valence-electron chi connectivity index (χ1n) is 5.66. The molecule has 0 aliphatic carbocycles. The Morgan fingerprint density at radius 2 is 1.89 bits per heavy atom. The molecule has 1 heterocycles. The van der Waals surface area contributed by atoms with E-state index in [9.17, 15) is 4.39 Å². The van der Waals surface area contributed by atoms with Crippen molar-refractivity contribution in [2.24, 2.45) is 0 Å². The zero-order valence-electron chi connectivity index (χ0n) is 9.60. The molecule has 0 unspecified atom stereocenters. The van der Waals surface area contributed by atoms with E-state index in [0.29, 0.717) is 12.2 Å². The van der Waals surface area contributed by atoms with Gasteiger partial charge in [0, 0.05) is 10.9 Å². The van der Waals surface area contributed by atoms with Gasteiger partial charge < -0.3 is 9.15 Å². The predicted octanol–water partition coefficient (Wildman–Crippen LogP) is 4.15. The van der Waals surface area contributed by atoms with Gasteiger partial charge in [0.2, 0.25) is 0 Å². The Kier molecular flexibility index (Phi) is 2.73. The van der Waals surface area contributed by atoms with Crippen LogP contribution < -0.4 is 4.74 Å². The summed E-state index contributed by atoms with van der Waals surface area (Å²) in [6.45, 7) is 0.362. The van der Waals surface area contributed by atoms with Crippen molar-refractivity contribution in [2.75, 3.05) is 0 Å². The summed E-state index contributed by atoms with van der Waals surface area (Å²) in [6.07, 6.45) is 1.60. The molecule has 90 valence electrons. The fourth-order valence-corrected chi connectivity index (χ4v) is 1.84. The number of halogens is 1. The summed E-state index contributed by atoms with van der Waals surface area (Å²) in [6, 6.07) is 14.0. The number of furan rings is 1. The zero-order valence-corrected chi connectivity index (χ0v) is 9.60. The van der Waals surface area contributed by atoms with Crippen LogP contribution in [0, 0.1) is 5.82 Å². The summed E-state index contributed by atoms with van der Waals surface area (Å²) in [5.74, 6) is 0.508. The third-order valence-electron chi connectivity index (χ3n) is 2.75. The first kappa shape index (κ1) is 10.8. The van der Waals surface area contributed by atoms with Crippen LogP contribution in [0.1, 0.15) is 5.56 Å². The van der Waals surface area contributed by atoms with Crippen LogP contribution >= 0.6 is 0 Å². The van der Waals surface area contributed by atoms with Gasteiger partial charge in [-0.05, 0) is 30.3 Å². The van der Waals surface area contributed by atoms with Crippen LogP contribution in [0.2, 0.25) is 0 Å². The van der Waals surface area contributed by atoms with E-state index in [1.165, 1.54) is 12.1 Å². The van der Waals surface area contributed by atoms with Gasteiger partial charge in [0.15, 0.2) is 0 Å². The molecule has 0 saturated carbocycles. The van der Waals surface area contributed by atoms with Crippen molar-refractivity contribution in [2.45, 2.75) is 6.61 Å². The molecular weight excluding hydrogens is 231 g/mol. The van der Waals surface area contributed by atoms with Crippen LogP contribution in [0.15, 0.2) is 59.2 Å². The zero-order chi connectivity index (χ0) is 12.4. The molecule has 0 bridgehead atoms. The van der Waals surface area contributed by atoms with Crippen molar-refractivity contribution in [3.63, 3.8) is 0 Å². The van der Waals surface area contributed by atoms with Gasteiger partial charge in [0.05, 0.1) is 6.26 Å². The fourth-order valence-electron chi connectivity index (χ4n) is 1.84. The number of fused-ring (bicyclic) bond motifs is 1. The molecule has 0 amide bonds. The highest BCUT2D eigenvalue weighted by atomic mass is 19.1. The number of para-hydroxylation sites is 1. The standard InChI is InChI=1S/C15H11FO2/c16-12-6-7-15-14(8-12)11(10-18-15)9-17-13-4-2-1-3-5-13/h1-8,10H,9H2. The Hall–Kier alpha value is -2.29. The number of hydrogen-bond acceptors (Lipinski definition) is 2. The number of benzene rings is 2. The second-order valence-corrected chi connectivity index (χ2v) is 4.00. The molecule has 1 aromatic heterocycles. The highest BCUT2D eigenvalue weighted by Gasteiger charge is 2.07. The van der Waals surface area contributed by atoms with Crippen molar-refractivity contribution >= 4 is 11.0 Å². The van der Waals surface area contributed by atoms with Crippen molar-refractivity contribution < 1.29 is 13.5 Å². The first-order chi connectivity index (χ1) is 8.83. The van der Waals surface area contributed by atoms with Gasteiger partial charge in [-0.2, -0.15) is 0 Å². The molecule has 0 atom stereocenters. The van der Waals surface area contributed by atoms with E-state index in [2.05, 4.69) is 0 Å².